The van der Waals surface area contributed by atoms with Crippen LogP contribution in [0, 0.1) is 0 Å². The third kappa shape index (κ3) is 5.74. The second kappa shape index (κ2) is 12.2. The molecule has 1 amide bonds. The van der Waals surface area contributed by atoms with E-state index in [1.807, 2.05) is 67.8 Å². The summed E-state index contributed by atoms with van der Waals surface area (Å²) in [5.41, 5.74) is 2.93. The second-order valence-corrected chi connectivity index (χ2v) is 13.0. The number of imidazole rings is 2. The van der Waals surface area contributed by atoms with Crippen LogP contribution in [0.2, 0.25) is 0 Å². The molecule has 45 heavy (non-hydrogen) atoms. The lowest BCUT2D eigenvalue weighted by molar-refractivity contribution is -0.109. The standard InChI is InChI=1S/C33H40N6O6/c1-33(2,3)45-32(44)35-14-11-23(12-15-35)38-28-9-8-22(20-29(28)37(17-19-41)31(38)43)25-21-24(10-13-34-25)39-27-7-5-4-6-26(27)36(16-18-40)30(39)42/h4-9,18-20,23-25,34H,10-17,21H2,1-3H3. The summed E-state index contributed by atoms with van der Waals surface area (Å²) in [5.74, 6) is 0. The van der Waals surface area contributed by atoms with Crippen LogP contribution in [0.15, 0.2) is 52.1 Å². The number of aromatic nitrogens is 4. The summed E-state index contributed by atoms with van der Waals surface area (Å²) < 4.78 is 12.2. The predicted molar refractivity (Wildman–Crippen MR) is 170 cm³/mol. The van der Waals surface area contributed by atoms with E-state index in [0.29, 0.717) is 44.4 Å². The van der Waals surface area contributed by atoms with Crippen molar-refractivity contribution in [2.75, 3.05) is 19.6 Å². The van der Waals surface area contributed by atoms with Crippen LogP contribution >= 0.6 is 0 Å². The minimum atomic E-state index is -0.580. The molecule has 2 atom stereocenters. The zero-order chi connectivity index (χ0) is 31.9. The number of carbonyl (C=O) groups is 3. The number of fused-ring (bicyclic) bond motifs is 2. The molecule has 2 aliphatic heterocycles. The molecule has 2 aromatic carbocycles. The number of para-hydroxylation sites is 2. The SMILES string of the molecule is CC(C)(C)OC(=O)N1CCC(n2c(=O)n(CC=O)c3cc(C4CC(n5c(=O)n(CC=O)c6ccccc65)CCN4)ccc32)CC1. The van der Waals surface area contributed by atoms with Crippen molar-refractivity contribution in [2.24, 2.45) is 0 Å². The molecular weight excluding hydrogens is 576 g/mol. The van der Waals surface area contributed by atoms with Crippen LogP contribution in [0.25, 0.3) is 22.1 Å². The Labute approximate surface area is 260 Å². The molecule has 4 aromatic rings. The summed E-state index contributed by atoms with van der Waals surface area (Å²) >= 11 is 0. The zero-order valence-corrected chi connectivity index (χ0v) is 26.0. The number of hydrogen-bond acceptors (Lipinski definition) is 7. The van der Waals surface area contributed by atoms with Crippen molar-refractivity contribution in [3.8, 4) is 0 Å². The smallest absolute Gasteiger partial charge is 0.410 e. The number of amides is 1. The van der Waals surface area contributed by atoms with Crippen molar-refractivity contribution in [1.82, 2.24) is 28.5 Å². The summed E-state index contributed by atoms with van der Waals surface area (Å²) in [6.45, 7) is 7.09. The molecule has 4 heterocycles. The summed E-state index contributed by atoms with van der Waals surface area (Å²) in [6, 6.07) is 13.2. The van der Waals surface area contributed by atoms with Gasteiger partial charge in [0.25, 0.3) is 0 Å². The maximum absolute atomic E-state index is 13.7. The molecule has 238 valence electrons. The second-order valence-electron chi connectivity index (χ2n) is 13.0. The van der Waals surface area contributed by atoms with Crippen LogP contribution in [0.4, 0.5) is 4.79 Å². The topological polar surface area (TPSA) is 130 Å². The Morgan fingerprint density at radius 3 is 2.09 bits per heavy atom. The van der Waals surface area contributed by atoms with Crippen molar-refractivity contribution >= 4 is 40.7 Å². The van der Waals surface area contributed by atoms with E-state index in [2.05, 4.69) is 5.32 Å². The van der Waals surface area contributed by atoms with Crippen molar-refractivity contribution in [3.05, 3.63) is 69.0 Å². The van der Waals surface area contributed by atoms with Crippen LogP contribution in [-0.2, 0) is 27.4 Å². The highest BCUT2D eigenvalue weighted by Gasteiger charge is 2.31. The number of nitrogens with zero attached hydrogens (tertiary/aromatic N) is 5. The Kier molecular flexibility index (Phi) is 8.25. The first-order valence-electron chi connectivity index (χ1n) is 15.6. The first-order chi connectivity index (χ1) is 21.6. The predicted octanol–water partition coefficient (Wildman–Crippen LogP) is 3.56. The highest BCUT2D eigenvalue weighted by Crippen LogP contribution is 2.34. The third-order valence-corrected chi connectivity index (χ3v) is 8.99. The molecule has 2 saturated heterocycles. The van der Waals surface area contributed by atoms with Gasteiger partial charge >= 0.3 is 17.5 Å². The molecule has 2 aliphatic rings. The first-order valence-corrected chi connectivity index (χ1v) is 15.6. The molecule has 0 bridgehead atoms. The largest absolute Gasteiger partial charge is 0.444 e. The average Bonchev–Trinajstić information content (AvgIpc) is 3.46. The van der Waals surface area contributed by atoms with E-state index >= 15 is 0 Å². The van der Waals surface area contributed by atoms with Gasteiger partial charge in [0.1, 0.15) is 18.2 Å². The number of ether oxygens (including phenoxy) is 1. The van der Waals surface area contributed by atoms with Gasteiger partial charge < -0.3 is 24.5 Å². The lowest BCUT2D eigenvalue weighted by Gasteiger charge is -2.34. The number of hydrogen-bond donors (Lipinski definition) is 1. The minimum Gasteiger partial charge on any atom is -0.444 e. The molecule has 2 unspecified atom stereocenters. The van der Waals surface area contributed by atoms with Gasteiger partial charge in [0.15, 0.2) is 0 Å². The highest BCUT2D eigenvalue weighted by molar-refractivity contribution is 5.79. The monoisotopic (exact) mass is 616 g/mol. The van der Waals surface area contributed by atoms with Gasteiger partial charge in [0, 0.05) is 31.2 Å². The lowest BCUT2D eigenvalue weighted by atomic mass is 9.93. The fraction of sp³-hybridized carbons (Fsp3) is 0.485. The molecule has 2 fully saturated rings. The van der Waals surface area contributed by atoms with Crippen molar-refractivity contribution in [3.63, 3.8) is 0 Å². The Bertz CT molecular complexity index is 1870. The molecule has 6 rings (SSSR count). The highest BCUT2D eigenvalue weighted by atomic mass is 16.6. The number of nitrogens with one attached hydrogen (secondary N) is 1. The zero-order valence-electron chi connectivity index (χ0n) is 26.0. The number of likely N-dealkylation sites (tertiary alicyclic amines) is 1. The maximum Gasteiger partial charge on any atom is 0.410 e. The first kappa shape index (κ1) is 30.6. The van der Waals surface area contributed by atoms with E-state index in [-0.39, 0.29) is 48.7 Å². The summed E-state index contributed by atoms with van der Waals surface area (Å²) in [5, 5.41) is 3.58. The molecular formula is C33H40N6O6. The molecule has 0 radical (unpaired) electrons. The molecule has 12 heteroatoms. The van der Waals surface area contributed by atoms with Crippen molar-refractivity contribution in [1.29, 1.82) is 0 Å². The van der Waals surface area contributed by atoms with Crippen LogP contribution < -0.4 is 16.7 Å². The molecule has 2 aromatic heterocycles. The number of rotatable bonds is 7. The molecule has 0 saturated carbocycles. The van der Waals surface area contributed by atoms with E-state index < -0.39 is 5.60 Å². The Balaban J connectivity index is 1.29. The van der Waals surface area contributed by atoms with Crippen LogP contribution in [0.1, 0.15) is 70.1 Å². The van der Waals surface area contributed by atoms with Crippen LogP contribution in [0.5, 0.6) is 0 Å². The number of piperidine rings is 2. The van der Waals surface area contributed by atoms with E-state index in [4.69, 9.17) is 4.74 Å². The fourth-order valence-corrected chi connectivity index (χ4v) is 6.97. The van der Waals surface area contributed by atoms with Gasteiger partial charge in [-0.15, -0.1) is 0 Å². The van der Waals surface area contributed by atoms with E-state index in [0.717, 1.165) is 41.1 Å². The summed E-state index contributed by atoms with van der Waals surface area (Å²) in [4.78, 5) is 64.5. The van der Waals surface area contributed by atoms with Gasteiger partial charge in [-0.2, -0.15) is 0 Å². The van der Waals surface area contributed by atoms with E-state index in [9.17, 15) is 24.0 Å². The average molecular weight is 617 g/mol. The van der Waals surface area contributed by atoms with Crippen LogP contribution in [0.3, 0.4) is 0 Å². The van der Waals surface area contributed by atoms with Gasteiger partial charge in [-0.3, -0.25) is 18.3 Å². The Morgan fingerprint density at radius 1 is 0.844 bits per heavy atom. The normalized spacial score (nSPS) is 19.7. The van der Waals surface area contributed by atoms with Crippen molar-refractivity contribution in [2.45, 2.75) is 83.3 Å². The van der Waals surface area contributed by atoms with Gasteiger partial charge in [0.2, 0.25) is 0 Å². The molecule has 0 aliphatic carbocycles. The lowest BCUT2D eigenvalue weighted by Crippen LogP contribution is -2.43. The van der Waals surface area contributed by atoms with Gasteiger partial charge in [-0.25, -0.2) is 14.4 Å². The van der Waals surface area contributed by atoms with E-state index in [1.54, 1.807) is 9.47 Å². The molecule has 1 N–H and O–H groups in total. The molecule has 12 nitrogen and oxygen atoms in total. The van der Waals surface area contributed by atoms with Crippen molar-refractivity contribution < 1.29 is 19.1 Å². The summed E-state index contributed by atoms with van der Waals surface area (Å²) in [7, 11) is 0. The maximum atomic E-state index is 13.7. The van der Waals surface area contributed by atoms with Gasteiger partial charge in [-0.1, -0.05) is 18.2 Å². The van der Waals surface area contributed by atoms with Gasteiger partial charge in [0.05, 0.1) is 35.2 Å². The molecule has 0 spiro atoms. The third-order valence-electron chi connectivity index (χ3n) is 8.99. The van der Waals surface area contributed by atoms with Gasteiger partial charge in [-0.05, 0) is 82.8 Å². The minimum absolute atomic E-state index is 0.00267. The fourth-order valence-electron chi connectivity index (χ4n) is 6.97. The summed E-state index contributed by atoms with van der Waals surface area (Å²) in [6.07, 6.45) is 3.71. The Hall–Kier alpha value is -4.45. The number of benzene rings is 2. The van der Waals surface area contributed by atoms with Crippen LogP contribution in [-0.4, -0.2) is 67.1 Å². The Morgan fingerprint density at radius 2 is 1.44 bits per heavy atom. The number of aldehydes is 2. The van der Waals surface area contributed by atoms with E-state index in [1.165, 1.54) is 9.13 Å². The number of carbonyl (C=O) groups excluding carboxylic acids is 3. The quantitative estimate of drug-likeness (QED) is 0.315.